The standard InChI is InChI=1S/C13H11ClN4O2/c14-9-3-4-10(12(15)18-20)11(6-9)17-13(19)8-2-1-5-16-7-8/h1-7,20H,(H2,15,18)(H,17,19). The number of benzene rings is 1. The molecule has 1 amide bonds. The highest BCUT2D eigenvalue weighted by molar-refractivity contribution is 6.31. The number of carbonyl (C=O) groups is 1. The Morgan fingerprint density at radius 1 is 1.40 bits per heavy atom. The summed E-state index contributed by atoms with van der Waals surface area (Å²) in [6.07, 6.45) is 3.00. The molecule has 1 aromatic heterocycles. The molecule has 4 N–H and O–H groups in total. The number of hydrogen-bond donors (Lipinski definition) is 3. The van der Waals surface area contributed by atoms with Crippen molar-refractivity contribution in [1.82, 2.24) is 4.98 Å². The smallest absolute Gasteiger partial charge is 0.257 e. The summed E-state index contributed by atoms with van der Waals surface area (Å²) < 4.78 is 0. The van der Waals surface area contributed by atoms with E-state index < -0.39 is 0 Å². The molecule has 0 fully saturated rings. The lowest BCUT2D eigenvalue weighted by molar-refractivity contribution is 0.102. The molecule has 0 saturated carbocycles. The van der Waals surface area contributed by atoms with Gasteiger partial charge in [-0.1, -0.05) is 16.8 Å². The van der Waals surface area contributed by atoms with Gasteiger partial charge in [-0.2, -0.15) is 0 Å². The Morgan fingerprint density at radius 3 is 2.85 bits per heavy atom. The van der Waals surface area contributed by atoms with Crippen LogP contribution in [0.15, 0.2) is 47.9 Å². The molecule has 0 atom stereocenters. The second kappa shape index (κ2) is 6.03. The van der Waals surface area contributed by atoms with Crippen LogP contribution in [0.25, 0.3) is 0 Å². The quantitative estimate of drug-likeness (QED) is 0.349. The van der Waals surface area contributed by atoms with E-state index in [1.54, 1.807) is 30.5 Å². The highest BCUT2D eigenvalue weighted by atomic mass is 35.5. The largest absolute Gasteiger partial charge is 0.409 e. The first-order chi connectivity index (χ1) is 9.61. The van der Waals surface area contributed by atoms with Gasteiger partial charge in [0.2, 0.25) is 0 Å². The van der Waals surface area contributed by atoms with Gasteiger partial charge in [-0.25, -0.2) is 0 Å². The number of amides is 1. The summed E-state index contributed by atoms with van der Waals surface area (Å²) in [5.74, 6) is -0.490. The first-order valence-corrected chi connectivity index (χ1v) is 5.98. The number of pyridine rings is 1. The summed E-state index contributed by atoms with van der Waals surface area (Å²) in [6.45, 7) is 0. The van der Waals surface area contributed by atoms with Gasteiger partial charge in [0.05, 0.1) is 11.3 Å². The van der Waals surface area contributed by atoms with Crippen LogP contribution in [0, 0.1) is 0 Å². The minimum Gasteiger partial charge on any atom is -0.409 e. The third-order valence-corrected chi connectivity index (χ3v) is 2.77. The van der Waals surface area contributed by atoms with Gasteiger partial charge in [-0.05, 0) is 30.3 Å². The molecule has 0 aliphatic heterocycles. The molecular weight excluding hydrogens is 280 g/mol. The number of nitrogens with two attached hydrogens (primary N) is 1. The van der Waals surface area contributed by atoms with Crippen LogP contribution in [0.3, 0.4) is 0 Å². The van der Waals surface area contributed by atoms with Gasteiger partial charge in [0, 0.05) is 23.0 Å². The number of hydrogen-bond acceptors (Lipinski definition) is 4. The molecule has 0 aliphatic carbocycles. The monoisotopic (exact) mass is 290 g/mol. The third kappa shape index (κ3) is 3.04. The number of amidine groups is 1. The zero-order valence-corrected chi connectivity index (χ0v) is 11.0. The van der Waals surface area contributed by atoms with E-state index in [4.69, 9.17) is 22.5 Å². The predicted octanol–water partition coefficient (Wildman–Crippen LogP) is 2.08. The van der Waals surface area contributed by atoms with Crippen LogP contribution >= 0.6 is 11.6 Å². The maximum Gasteiger partial charge on any atom is 0.257 e. The van der Waals surface area contributed by atoms with E-state index in [9.17, 15) is 4.79 Å². The van der Waals surface area contributed by atoms with Crippen molar-refractivity contribution in [2.45, 2.75) is 0 Å². The number of nitrogens with one attached hydrogen (secondary N) is 1. The van der Waals surface area contributed by atoms with Crippen molar-refractivity contribution in [2.24, 2.45) is 10.9 Å². The lowest BCUT2D eigenvalue weighted by Crippen LogP contribution is -2.19. The molecule has 20 heavy (non-hydrogen) atoms. The Morgan fingerprint density at radius 2 is 2.20 bits per heavy atom. The van der Waals surface area contributed by atoms with Crippen LogP contribution in [0.4, 0.5) is 5.69 Å². The van der Waals surface area contributed by atoms with E-state index in [0.29, 0.717) is 21.8 Å². The van der Waals surface area contributed by atoms with E-state index in [0.717, 1.165) is 0 Å². The van der Waals surface area contributed by atoms with E-state index in [2.05, 4.69) is 15.5 Å². The number of oxime groups is 1. The first-order valence-electron chi connectivity index (χ1n) is 5.60. The van der Waals surface area contributed by atoms with Gasteiger partial charge in [-0.15, -0.1) is 0 Å². The minimum atomic E-state index is -0.368. The first kappa shape index (κ1) is 13.8. The SMILES string of the molecule is NC(=NO)c1ccc(Cl)cc1NC(=O)c1cccnc1. The summed E-state index contributed by atoms with van der Waals surface area (Å²) in [6, 6.07) is 7.92. The second-order valence-electron chi connectivity index (χ2n) is 3.87. The molecule has 0 bridgehead atoms. The van der Waals surface area contributed by atoms with E-state index in [1.807, 2.05) is 0 Å². The summed E-state index contributed by atoms with van der Waals surface area (Å²) in [5.41, 5.74) is 6.66. The number of anilines is 1. The molecule has 102 valence electrons. The molecular formula is C13H11ClN4O2. The Hall–Kier alpha value is -2.60. The Kier molecular flexibility index (Phi) is 4.17. The van der Waals surface area contributed by atoms with Crippen molar-refractivity contribution < 1.29 is 10.0 Å². The topological polar surface area (TPSA) is 101 Å². The summed E-state index contributed by atoms with van der Waals surface area (Å²) in [4.78, 5) is 15.9. The molecule has 6 nitrogen and oxygen atoms in total. The average Bonchev–Trinajstić information content (AvgIpc) is 2.47. The van der Waals surface area contributed by atoms with Crippen molar-refractivity contribution in [3.63, 3.8) is 0 Å². The molecule has 2 aromatic rings. The molecule has 0 aliphatic rings. The van der Waals surface area contributed by atoms with Crippen molar-refractivity contribution in [3.05, 3.63) is 58.9 Å². The minimum absolute atomic E-state index is 0.122. The lowest BCUT2D eigenvalue weighted by atomic mass is 10.1. The zero-order chi connectivity index (χ0) is 14.5. The van der Waals surface area contributed by atoms with E-state index in [1.165, 1.54) is 12.3 Å². The molecule has 0 radical (unpaired) electrons. The summed E-state index contributed by atoms with van der Waals surface area (Å²) in [7, 11) is 0. The average molecular weight is 291 g/mol. The Balaban J connectivity index is 2.33. The number of halogens is 1. The van der Waals surface area contributed by atoms with Crippen LogP contribution in [0.1, 0.15) is 15.9 Å². The van der Waals surface area contributed by atoms with Crippen LogP contribution in [0.5, 0.6) is 0 Å². The van der Waals surface area contributed by atoms with E-state index >= 15 is 0 Å². The number of aromatic nitrogens is 1. The van der Waals surface area contributed by atoms with Crippen LogP contribution in [0.2, 0.25) is 5.02 Å². The number of nitrogens with zero attached hydrogens (tertiary/aromatic N) is 2. The molecule has 0 unspecified atom stereocenters. The molecule has 1 heterocycles. The van der Waals surface area contributed by atoms with Gasteiger partial charge in [-0.3, -0.25) is 9.78 Å². The highest BCUT2D eigenvalue weighted by Crippen LogP contribution is 2.21. The maximum absolute atomic E-state index is 12.1. The van der Waals surface area contributed by atoms with Gasteiger partial charge in [0.15, 0.2) is 5.84 Å². The fraction of sp³-hybridized carbons (Fsp3) is 0. The maximum atomic E-state index is 12.1. The molecule has 7 heteroatoms. The highest BCUT2D eigenvalue weighted by Gasteiger charge is 2.12. The normalized spacial score (nSPS) is 11.2. The zero-order valence-electron chi connectivity index (χ0n) is 10.2. The summed E-state index contributed by atoms with van der Waals surface area (Å²) >= 11 is 5.89. The van der Waals surface area contributed by atoms with Crippen molar-refractivity contribution in [3.8, 4) is 0 Å². The number of rotatable bonds is 3. The molecule has 2 rings (SSSR count). The van der Waals surface area contributed by atoms with Gasteiger partial charge in [0.1, 0.15) is 0 Å². The third-order valence-electron chi connectivity index (χ3n) is 2.54. The predicted molar refractivity (Wildman–Crippen MR) is 76.2 cm³/mol. The second-order valence-corrected chi connectivity index (χ2v) is 4.31. The molecule has 1 aromatic carbocycles. The van der Waals surface area contributed by atoms with Crippen molar-refractivity contribution in [2.75, 3.05) is 5.32 Å². The van der Waals surface area contributed by atoms with Crippen LogP contribution < -0.4 is 11.1 Å². The van der Waals surface area contributed by atoms with Gasteiger partial charge < -0.3 is 16.3 Å². The van der Waals surface area contributed by atoms with Gasteiger partial charge in [0.25, 0.3) is 5.91 Å². The van der Waals surface area contributed by atoms with Crippen molar-refractivity contribution >= 4 is 29.0 Å². The lowest BCUT2D eigenvalue weighted by Gasteiger charge is -2.10. The fourth-order valence-electron chi connectivity index (χ4n) is 1.59. The van der Waals surface area contributed by atoms with E-state index in [-0.39, 0.29) is 11.7 Å². The van der Waals surface area contributed by atoms with Gasteiger partial charge >= 0.3 is 0 Å². The molecule has 0 saturated heterocycles. The number of carbonyl (C=O) groups excluding carboxylic acids is 1. The Bertz CT molecular complexity index is 659. The fourth-order valence-corrected chi connectivity index (χ4v) is 1.76. The van der Waals surface area contributed by atoms with Crippen LogP contribution in [-0.4, -0.2) is 21.9 Å². The van der Waals surface area contributed by atoms with Crippen molar-refractivity contribution in [1.29, 1.82) is 0 Å². The van der Waals surface area contributed by atoms with Crippen LogP contribution in [-0.2, 0) is 0 Å². The molecule has 0 spiro atoms. The summed E-state index contributed by atoms with van der Waals surface area (Å²) in [5, 5.41) is 14.7. The Labute approximate surface area is 119 Å².